The summed E-state index contributed by atoms with van der Waals surface area (Å²) in [7, 11) is 0. The smallest absolute Gasteiger partial charge is 0.319 e. The minimum absolute atomic E-state index is 0.167. The predicted molar refractivity (Wildman–Crippen MR) is 85.6 cm³/mol. The molecule has 0 spiro atoms. The Morgan fingerprint density at radius 3 is 2.75 bits per heavy atom. The second kappa shape index (κ2) is 10.6. The molecule has 0 aromatic heterocycles. The zero-order valence-electron chi connectivity index (χ0n) is 12.3. The zero-order valence-corrected chi connectivity index (χ0v) is 13.1. The number of carbonyl (C=O) groups excluding carboxylic acids is 1. The summed E-state index contributed by atoms with van der Waals surface area (Å²) in [4.78, 5) is 12.8. The van der Waals surface area contributed by atoms with Crippen LogP contribution in [-0.4, -0.2) is 32.0 Å². The summed E-state index contributed by atoms with van der Waals surface area (Å²) >= 11 is 1.61. The maximum Gasteiger partial charge on any atom is 0.319 e. The number of urea groups is 1. The highest BCUT2D eigenvalue weighted by Crippen LogP contribution is 2.24. The molecule has 0 bridgehead atoms. The minimum atomic E-state index is -0.167. The maximum atomic E-state index is 11.7. The van der Waals surface area contributed by atoms with Crippen molar-refractivity contribution in [3.8, 4) is 0 Å². The first kappa shape index (κ1) is 16.9. The summed E-state index contributed by atoms with van der Waals surface area (Å²) in [5, 5.41) is 5.70. The third kappa shape index (κ3) is 6.82. The van der Waals surface area contributed by atoms with Crippen molar-refractivity contribution in [3.63, 3.8) is 0 Å². The van der Waals surface area contributed by atoms with E-state index in [2.05, 4.69) is 17.6 Å². The van der Waals surface area contributed by atoms with Gasteiger partial charge in [0.25, 0.3) is 0 Å². The van der Waals surface area contributed by atoms with Gasteiger partial charge in [-0.25, -0.2) is 4.79 Å². The van der Waals surface area contributed by atoms with Crippen LogP contribution in [0.2, 0.25) is 0 Å². The zero-order chi connectivity index (χ0) is 14.6. The Bertz CT molecular complexity index is 399. The summed E-state index contributed by atoms with van der Waals surface area (Å²) in [6, 6.07) is 7.60. The van der Waals surface area contributed by atoms with Gasteiger partial charge in [-0.1, -0.05) is 25.5 Å². The van der Waals surface area contributed by atoms with E-state index in [4.69, 9.17) is 4.74 Å². The summed E-state index contributed by atoms with van der Waals surface area (Å²) < 4.78 is 5.44. The fourth-order valence-corrected chi connectivity index (χ4v) is 2.19. The van der Waals surface area contributed by atoms with E-state index in [0.717, 1.165) is 36.5 Å². The summed E-state index contributed by atoms with van der Waals surface area (Å²) in [5.41, 5.74) is 0.844. The standard InChI is InChI=1S/C15H24N2O2S/c1-3-4-11-19-12-7-10-16-15(18)17-13-8-5-6-9-14(13)20-2/h5-6,8-9H,3-4,7,10-12H2,1-2H3,(H2,16,17,18). The van der Waals surface area contributed by atoms with Gasteiger partial charge in [-0.15, -0.1) is 11.8 Å². The highest BCUT2D eigenvalue weighted by Gasteiger charge is 2.04. The van der Waals surface area contributed by atoms with Crippen LogP contribution in [0.25, 0.3) is 0 Å². The largest absolute Gasteiger partial charge is 0.381 e. The van der Waals surface area contributed by atoms with E-state index in [1.54, 1.807) is 11.8 Å². The van der Waals surface area contributed by atoms with Crippen molar-refractivity contribution in [1.82, 2.24) is 5.32 Å². The molecule has 0 radical (unpaired) electrons. The van der Waals surface area contributed by atoms with Gasteiger partial charge in [-0.2, -0.15) is 0 Å². The molecule has 0 aliphatic heterocycles. The normalized spacial score (nSPS) is 10.3. The van der Waals surface area contributed by atoms with Crippen LogP contribution in [0.15, 0.2) is 29.2 Å². The molecular weight excluding hydrogens is 272 g/mol. The molecular formula is C15H24N2O2S. The fourth-order valence-electron chi connectivity index (χ4n) is 1.64. The van der Waals surface area contributed by atoms with Crippen LogP contribution in [-0.2, 0) is 4.74 Å². The van der Waals surface area contributed by atoms with E-state index in [-0.39, 0.29) is 6.03 Å². The molecule has 112 valence electrons. The average molecular weight is 296 g/mol. The fraction of sp³-hybridized carbons (Fsp3) is 0.533. The maximum absolute atomic E-state index is 11.7. The van der Waals surface area contributed by atoms with Crippen molar-refractivity contribution in [2.45, 2.75) is 31.1 Å². The number of amides is 2. The van der Waals surface area contributed by atoms with Gasteiger partial charge in [0, 0.05) is 24.7 Å². The lowest BCUT2D eigenvalue weighted by molar-refractivity contribution is 0.129. The second-order valence-corrected chi connectivity index (χ2v) is 5.25. The molecule has 0 fully saturated rings. The van der Waals surface area contributed by atoms with Gasteiger partial charge in [0.15, 0.2) is 0 Å². The Hall–Kier alpha value is -1.20. The van der Waals surface area contributed by atoms with Crippen molar-refractivity contribution in [3.05, 3.63) is 24.3 Å². The number of nitrogens with one attached hydrogen (secondary N) is 2. The number of para-hydroxylation sites is 1. The monoisotopic (exact) mass is 296 g/mol. The Morgan fingerprint density at radius 2 is 2.00 bits per heavy atom. The number of carbonyl (C=O) groups is 1. The third-order valence-electron chi connectivity index (χ3n) is 2.75. The molecule has 0 atom stereocenters. The number of anilines is 1. The van der Waals surface area contributed by atoms with E-state index < -0.39 is 0 Å². The lowest BCUT2D eigenvalue weighted by Crippen LogP contribution is -2.30. The molecule has 1 rings (SSSR count). The summed E-state index contributed by atoms with van der Waals surface area (Å²) in [6.45, 7) is 4.27. The predicted octanol–water partition coefficient (Wildman–Crippen LogP) is 3.74. The van der Waals surface area contributed by atoms with E-state index in [9.17, 15) is 4.79 Å². The number of hydrogen-bond acceptors (Lipinski definition) is 3. The van der Waals surface area contributed by atoms with E-state index >= 15 is 0 Å². The van der Waals surface area contributed by atoms with Crippen LogP contribution in [0.5, 0.6) is 0 Å². The Morgan fingerprint density at radius 1 is 1.25 bits per heavy atom. The van der Waals surface area contributed by atoms with E-state index in [1.165, 1.54) is 0 Å². The van der Waals surface area contributed by atoms with E-state index in [0.29, 0.717) is 13.2 Å². The average Bonchev–Trinajstić information content (AvgIpc) is 2.47. The topological polar surface area (TPSA) is 50.4 Å². The van der Waals surface area contributed by atoms with Gasteiger partial charge in [0.2, 0.25) is 0 Å². The minimum Gasteiger partial charge on any atom is -0.381 e. The second-order valence-electron chi connectivity index (χ2n) is 4.40. The Labute approximate surface area is 125 Å². The van der Waals surface area contributed by atoms with Crippen LogP contribution < -0.4 is 10.6 Å². The summed E-state index contributed by atoms with van der Waals surface area (Å²) in [6.07, 6.45) is 5.07. The van der Waals surface area contributed by atoms with Gasteiger partial charge >= 0.3 is 6.03 Å². The lowest BCUT2D eigenvalue weighted by atomic mass is 10.3. The first-order valence-electron chi connectivity index (χ1n) is 7.03. The van der Waals surface area contributed by atoms with Crippen LogP contribution in [0.4, 0.5) is 10.5 Å². The SMILES string of the molecule is CCCCOCCCNC(=O)Nc1ccccc1SC. The first-order valence-corrected chi connectivity index (χ1v) is 8.26. The number of unbranched alkanes of at least 4 members (excludes halogenated alkanes) is 1. The first-order chi connectivity index (χ1) is 9.77. The summed E-state index contributed by atoms with van der Waals surface area (Å²) in [5.74, 6) is 0. The molecule has 2 N–H and O–H groups in total. The third-order valence-corrected chi connectivity index (χ3v) is 3.54. The molecule has 0 saturated heterocycles. The van der Waals surface area contributed by atoms with Gasteiger partial charge in [0.05, 0.1) is 5.69 Å². The van der Waals surface area contributed by atoms with Gasteiger partial charge < -0.3 is 15.4 Å². The molecule has 0 unspecified atom stereocenters. The molecule has 1 aromatic carbocycles. The van der Waals surface area contributed by atoms with E-state index in [1.807, 2.05) is 30.5 Å². The molecule has 0 heterocycles. The van der Waals surface area contributed by atoms with Crippen LogP contribution >= 0.6 is 11.8 Å². The number of benzene rings is 1. The van der Waals surface area contributed by atoms with Crippen molar-refractivity contribution < 1.29 is 9.53 Å². The molecule has 1 aromatic rings. The molecule has 4 nitrogen and oxygen atoms in total. The van der Waals surface area contributed by atoms with Crippen LogP contribution in [0.1, 0.15) is 26.2 Å². The highest BCUT2D eigenvalue weighted by molar-refractivity contribution is 7.98. The van der Waals surface area contributed by atoms with Crippen molar-refractivity contribution in [2.24, 2.45) is 0 Å². The van der Waals surface area contributed by atoms with Gasteiger partial charge in [0.1, 0.15) is 0 Å². The number of thioether (sulfide) groups is 1. The van der Waals surface area contributed by atoms with Crippen LogP contribution in [0, 0.1) is 0 Å². The molecule has 0 aliphatic carbocycles. The number of rotatable bonds is 9. The van der Waals surface area contributed by atoms with Gasteiger partial charge in [-0.05, 0) is 31.2 Å². The van der Waals surface area contributed by atoms with Crippen molar-refractivity contribution in [1.29, 1.82) is 0 Å². The Balaban J connectivity index is 2.17. The molecule has 5 heteroatoms. The quantitative estimate of drug-likeness (QED) is 0.539. The van der Waals surface area contributed by atoms with Crippen molar-refractivity contribution in [2.75, 3.05) is 31.3 Å². The number of hydrogen-bond donors (Lipinski definition) is 2. The Kier molecular flexibility index (Phi) is 8.91. The molecule has 0 aliphatic rings. The lowest BCUT2D eigenvalue weighted by Gasteiger charge is -2.10. The van der Waals surface area contributed by atoms with Crippen LogP contribution in [0.3, 0.4) is 0 Å². The van der Waals surface area contributed by atoms with Crippen molar-refractivity contribution >= 4 is 23.5 Å². The van der Waals surface area contributed by atoms with Gasteiger partial charge in [-0.3, -0.25) is 0 Å². The molecule has 0 saturated carbocycles. The molecule has 2 amide bonds. The highest BCUT2D eigenvalue weighted by atomic mass is 32.2. The molecule has 20 heavy (non-hydrogen) atoms. The number of ether oxygens (including phenoxy) is 1.